The molecule has 0 aliphatic rings. The summed E-state index contributed by atoms with van der Waals surface area (Å²) < 4.78 is 1.81. The molecule has 3 rings (SSSR count). The zero-order chi connectivity index (χ0) is 13.2. The monoisotopic (exact) mass is 251 g/mol. The van der Waals surface area contributed by atoms with E-state index in [1.165, 1.54) is 0 Å². The van der Waals surface area contributed by atoms with Gasteiger partial charge < -0.3 is 0 Å². The minimum absolute atomic E-state index is 0.756. The first-order valence-corrected chi connectivity index (χ1v) is 6.01. The van der Waals surface area contributed by atoms with Gasteiger partial charge in [0.2, 0.25) is 0 Å². The Bertz CT molecular complexity index is 703. The van der Waals surface area contributed by atoms with Crippen molar-refractivity contribution in [3.05, 3.63) is 54.5 Å². The molecule has 0 N–H and O–H groups in total. The Labute approximate surface area is 111 Å². The molecule has 0 aliphatic carbocycles. The maximum absolute atomic E-state index is 4.50. The first kappa shape index (κ1) is 11.5. The second kappa shape index (κ2) is 4.61. The van der Waals surface area contributed by atoms with E-state index in [1.807, 2.05) is 42.9 Å². The quantitative estimate of drug-likeness (QED) is 0.701. The molecule has 0 saturated heterocycles. The molecule has 0 bridgehead atoms. The lowest BCUT2D eigenvalue weighted by molar-refractivity contribution is 0.857. The highest BCUT2D eigenvalue weighted by Crippen LogP contribution is 2.21. The first-order chi connectivity index (χ1) is 9.24. The van der Waals surface area contributed by atoms with E-state index in [-0.39, 0.29) is 0 Å². The van der Waals surface area contributed by atoms with E-state index in [1.54, 1.807) is 18.6 Å². The molecule has 3 aromatic heterocycles. The number of aromatic nitrogens is 5. The summed E-state index contributed by atoms with van der Waals surface area (Å²) >= 11 is 0. The van der Waals surface area contributed by atoms with Gasteiger partial charge in [0.1, 0.15) is 5.82 Å². The SMILES string of the molecule is Cc1nccc(-c2cn(-c3cccnc3)nc2C)n1. The number of rotatable bonds is 2. The molecule has 0 radical (unpaired) electrons. The van der Waals surface area contributed by atoms with Crippen LogP contribution in [0.3, 0.4) is 0 Å². The van der Waals surface area contributed by atoms with Crippen LogP contribution in [0.25, 0.3) is 16.9 Å². The molecule has 0 spiro atoms. The second-order valence-electron chi connectivity index (χ2n) is 4.27. The number of hydrogen-bond donors (Lipinski definition) is 0. The van der Waals surface area contributed by atoms with E-state index in [0.29, 0.717) is 0 Å². The lowest BCUT2D eigenvalue weighted by Crippen LogP contribution is -1.94. The zero-order valence-electron chi connectivity index (χ0n) is 10.8. The van der Waals surface area contributed by atoms with Crippen molar-refractivity contribution in [2.75, 3.05) is 0 Å². The van der Waals surface area contributed by atoms with Crippen LogP contribution in [-0.4, -0.2) is 24.7 Å². The zero-order valence-corrected chi connectivity index (χ0v) is 10.8. The minimum Gasteiger partial charge on any atom is -0.262 e. The molecule has 0 aromatic carbocycles. The van der Waals surface area contributed by atoms with E-state index in [9.17, 15) is 0 Å². The van der Waals surface area contributed by atoms with Crippen molar-refractivity contribution < 1.29 is 0 Å². The molecular formula is C14H13N5. The van der Waals surface area contributed by atoms with Gasteiger partial charge in [-0.05, 0) is 32.0 Å². The summed E-state index contributed by atoms with van der Waals surface area (Å²) in [6.45, 7) is 3.85. The molecule has 0 unspecified atom stereocenters. The van der Waals surface area contributed by atoms with E-state index < -0.39 is 0 Å². The van der Waals surface area contributed by atoms with Crippen molar-refractivity contribution in [1.29, 1.82) is 0 Å². The van der Waals surface area contributed by atoms with Crippen LogP contribution >= 0.6 is 0 Å². The number of nitrogens with zero attached hydrogens (tertiary/aromatic N) is 5. The van der Waals surface area contributed by atoms with Gasteiger partial charge in [-0.2, -0.15) is 5.10 Å². The summed E-state index contributed by atoms with van der Waals surface area (Å²) in [6, 6.07) is 5.75. The highest BCUT2D eigenvalue weighted by molar-refractivity contribution is 5.61. The van der Waals surface area contributed by atoms with Gasteiger partial charge in [-0.15, -0.1) is 0 Å². The molecule has 3 aromatic rings. The van der Waals surface area contributed by atoms with Crippen LogP contribution in [0.2, 0.25) is 0 Å². The van der Waals surface area contributed by atoms with Gasteiger partial charge in [-0.3, -0.25) is 4.98 Å². The van der Waals surface area contributed by atoms with Crippen molar-refractivity contribution in [3.8, 4) is 16.9 Å². The van der Waals surface area contributed by atoms with Crippen LogP contribution in [0.15, 0.2) is 43.0 Å². The van der Waals surface area contributed by atoms with Crippen LogP contribution < -0.4 is 0 Å². The molecule has 0 atom stereocenters. The van der Waals surface area contributed by atoms with Crippen molar-refractivity contribution in [1.82, 2.24) is 24.7 Å². The van der Waals surface area contributed by atoms with E-state index in [4.69, 9.17) is 0 Å². The highest BCUT2D eigenvalue weighted by atomic mass is 15.3. The van der Waals surface area contributed by atoms with Crippen molar-refractivity contribution in [2.24, 2.45) is 0 Å². The Hall–Kier alpha value is -2.56. The van der Waals surface area contributed by atoms with Gasteiger partial charge in [-0.25, -0.2) is 14.6 Å². The van der Waals surface area contributed by atoms with Crippen molar-refractivity contribution in [2.45, 2.75) is 13.8 Å². The van der Waals surface area contributed by atoms with Crippen molar-refractivity contribution in [3.63, 3.8) is 0 Å². The van der Waals surface area contributed by atoms with Crippen LogP contribution in [0.1, 0.15) is 11.5 Å². The Morgan fingerprint density at radius 2 is 2.00 bits per heavy atom. The van der Waals surface area contributed by atoms with Crippen LogP contribution in [0, 0.1) is 13.8 Å². The van der Waals surface area contributed by atoms with E-state index in [0.717, 1.165) is 28.5 Å². The van der Waals surface area contributed by atoms with Gasteiger partial charge in [0, 0.05) is 24.2 Å². The topological polar surface area (TPSA) is 56.5 Å². The van der Waals surface area contributed by atoms with Gasteiger partial charge in [-0.1, -0.05) is 0 Å². The third kappa shape index (κ3) is 2.22. The minimum atomic E-state index is 0.756. The van der Waals surface area contributed by atoms with E-state index >= 15 is 0 Å². The number of hydrogen-bond acceptors (Lipinski definition) is 4. The maximum Gasteiger partial charge on any atom is 0.125 e. The summed E-state index contributed by atoms with van der Waals surface area (Å²) in [5.41, 5.74) is 3.76. The first-order valence-electron chi connectivity index (χ1n) is 6.01. The van der Waals surface area contributed by atoms with Crippen LogP contribution in [-0.2, 0) is 0 Å². The fraction of sp³-hybridized carbons (Fsp3) is 0.143. The Balaban J connectivity index is 2.08. The normalized spacial score (nSPS) is 10.6. The smallest absolute Gasteiger partial charge is 0.125 e. The highest BCUT2D eigenvalue weighted by Gasteiger charge is 2.10. The Morgan fingerprint density at radius 1 is 1.11 bits per heavy atom. The molecule has 0 saturated carbocycles. The third-order valence-electron chi connectivity index (χ3n) is 2.86. The summed E-state index contributed by atoms with van der Waals surface area (Å²) in [7, 11) is 0. The lowest BCUT2D eigenvalue weighted by atomic mass is 10.2. The lowest BCUT2D eigenvalue weighted by Gasteiger charge is -1.99. The van der Waals surface area contributed by atoms with Gasteiger partial charge >= 0.3 is 0 Å². The molecule has 3 heterocycles. The maximum atomic E-state index is 4.50. The Kier molecular flexibility index (Phi) is 2.79. The summed E-state index contributed by atoms with van der Waals surface area (Å²) in [5.74, 6) is 0.756. The fourth-order valence-electron chi connectivity index (χ4n) is 1.94. The average Bonchev–Trinajstić information content (AvgIpc) is 2.82. The molecule has 94 valence electrons. The standard InChI is InChI=1S/C14H13N5/c1-10-13(14-5-7-16-11(2)17-14)9-19(18-10)12-4-3-6-15-8-12/h3-9H,1-2H3. The predicted molar refractivity (Wildman–Crippen MR) is 71.9 cm³/mol. The fourth-order valence-corrected chi connectivity index (χ4v) is 1.94. The third-order valence-corrected chi connectivity index (χ3v) is 2.86. The molecular weight excluding hydrogens is 238 g/mol. The van der Waals surface area contributed by atoms with Gasteiger partial charge in [0.25, 0.3) is 0 Å². The molecule has 19 heavy (non-hydrogen) atoms. The molecule has 0 aliphatic heterocycles. The molecule has 5 heteroatoms. The van der Waals surface area contributed by atoms with Gasteiger partial charge in [0.05, 0.1) is 23.3 Å². The Morgan fingerprint density at radius 3 is 2.74 bits per heavy atom. The largest absolute Gasteiger partial charge is 0.262 e. The second-order valence-corrected chi connectivity index (χ2v) is 4.27. The number of aryl methyl sites for hydroxylation is 2. The predicted octanol–water partition coefficient (Wildman–Crippen LogP) is 2.34. The average molecular weight is 251 g/mol. The van der Waals surface area contributed by atoms with E-state index in [2.05, 4.69) is 20.1 Å². The van der Waals surface area contributed by atoms with Crippen molar-refractivity contribution >= 4 is 0 Å². The number of pyridine rings is 1. The summed E-state index contributed by atoms with van der Waals surface area (Å²) in [5, 5.41) is 4.50. The van der Waals surface area contributed by atoms with Crippen LogP contribution in [0.4, 0.5) is 0 Å². The molecule has 0 fully saturated rings. The molecule has 5 nitrogen and oxygen atoms in total. The molecule has 0 amide bonds. The summed E-state index contributed by atoms with van der Waals surface area (Å²) in [6.07, 6.45) is 7.25. The van der Waals surface area contributed by atoms with Crippen LogP contribution in [0.5, 0.6) is 0 Å². The van der Waals surface area contributed by atoms with Gasteiger partial charge in [0.15, 0.2) is 0 Å². The summed E-state index contributed by atoms with van der Waals surface area (Å²) in [4.78, 5) is 12.6.